The molecule has 5 aromatic carbocycles. The Kier molecular flexibility index (Phi) is 5.96. The Balaban J connectivity index is 1.63. The van der Waals surface area contributed by atoms with Gasteiger partial charge in [-0.3, -0.25) is 4.98 Å². The Morgan fingerprint density at radius 1 is 0.568 bits per heavy atom. The fraction of sp³-hybridized carbons (Fsp3) is 0.0278. The Morgan fingerprint density at radius 2 is 1.11 bits per heavy atom. The van der Waals surface area contributed by atoms with Crippen molar-refractivity contribution in [2.24, 2.45) is 0 Å². The molecule has 1 heterocycles. The predicted octanol–water partition coefficient (Wildman–Crippen LogP) is 9.98. The first kappa shape index (κ1) is 22.7. The first-order chi connectivity index (χ1) is 18.3. The van der Waals surface area contributed by atoms with Gasteiger partial charge in [0.1, 0.15) is 0 Å². The summed E-state index contributed by atoms with van der Waals surface area (Å²) < 4.78 is 0. The number of fused-ring (bicyclic) bond motifs is 2. The summed E-state index contributed by atoms with van der Waals surface area (Å²) in [6.45, 7) is 6.01. The molecule has 0 spiro atoms. The SMILES string of the molecule is C=C/C(=C\C)c1ccc(-c2c3ccccc3c(-c3cccc(-c4ccncc4)c3)c3ccccc23)cc1. The third-order valence-electron chi connectivity index (χ3n) is 7.13. The van der Waals surface area contributed by atoms with E-state index in [1.165, 1.54) is 60.5 Å². The van der Waals surface area contributed by atoms with Gasteiger partial charge in [0.05, 0.1) is 0 Å². The summed E-state index contributed by atoms with van der Waals surface area (Å²) in [4.78, 5) is 4.19. The number of aromatic nitrogens is 1. The van der Waals surface area contributed by atoms with Gasteiger partial charge in [0.15, 0.2) is 0 Å². The minimum absolute atomic E-state index is 1.14. The lowest BCUT2D eigenvalue weighted by atomic mass is 9.85. The van der Waals surface area contributed by atoms with Crippen molar-refractivity contribution in [3.05, 3.63) is 146 Å². The van der Waals surface area contributed by atoms with E-state index in [2.05, 4.69) is 127 Å². The number of nitrogens with zero attached hydrogens (tertiary/aromatic N) is 1. The van der Waals surface area contributed by atoms with Crippen molar-refractivity contribution in [2.75, 3.05) is 0 Å². The van der Waals surface area contributed by atoms with Crippen molar-refractivity contribution in [1.29, 1.82) is 0 Å². The van der Waals surface area contributed by atoms with E-state index >= 15 is 0 Å². The van der Waals surface area contributed by atoms with Crippen LogP contribution in [0.4, 0.5) is 0 Å². The van der Waals surface area contributed by atoms with Crippen molar-refractivity contribution in [1.82, 2.24) is 4.98 Å². The lowest BCUT2D eigenvalue weighted by molar-refractivity contribution is 1.33. The monoisotopic (exact) mass is 473 g/mol. The average Bonchev–Trinajstić information content (AvgIpc) is 2.97. The molecule has 0 unspecified atom stereocenters. The molecule has 6 rings (SSSR count). The highest BCUT2D eigenvalue weighted by Crippen LogP contribution is 2.44. The van der Waals surface area contributed by atoms with Crippen molar-refractivity contribution in [2.45, 2.75) is 6.92 Å². The zero-order valence-corrected chi connectivity index (χ0v) is 20.9. The number of rotatable bonds is 5. The lowest BCUT2D eigenvalue weighted by Crippen LogP contribution is -1.91. The van der Waals surface area contributed by atoms with Crippen molar-refractivity contribution >= 4 is 27.1 Å². The van der Waals surface area contributed by atoms with Crippen LogP contribution in [0.5, 0.6) is 0 Å². The average molecular weight is 474 g/mol. The number of allylic oxidation sites excluding steroid dienone is 3. The Morgan fingerprint density at radius 3 is 1.65 bits per heavy atom. The largest absolute Gasteiger partial charge is 0.265 e. The molecule has 0 fully saturated rings. The standard InChI is InChI=1S/C36H27N/c1-3-25(4-2)26-16-18-28(19-17-26)35-31-12-5-7-14-33(31)36(34-15-8-6-13-32(34)35)30-11-9-10-29(24-30)27-20-22-37-23-21-27/h3-24H,1H2,2H3/b25-4+. The van der Waals surface area contributed by atoms with E-state index in [1.807, 2.05) is 25.4 Å². The molecule has 0 aliphatic heterocycles. The molecule has 1 heteroatoms. The van der Waals surface area contributed by atoms with Crippen LogP contribution in [0.1, 0.15) is 12.5 Å². The minimum atomic E-state index is 1.14. The predicted molar refractivity (Wildman–Crippen MR) is 159 cm³/mol. The van der Waals surface area contributed by atoms with Crippen LogP contribution in [-0.2, 0) is 0 Å². The first-order valence-corrected chi connectivity index (χ1v) is 12.6. The van der Waals surface area contributed by atoms with Gasteiger partial charge in [-0.2, -0.15) is 0 Å². The molecule has 176 valence electrons. The van der Waals surface area contributed by atoms with Crippen LogP contribution in [-0.4, -0.2) is 4.98 Å². The van der Waals surface area contributed by atoms with Gasteiger partial charge >= 0.3 is 0 Å². The summed E-state index contributed by atoms with van der Waals surface area (Å²) >= 11 is 0. The zero-order chi connectivity index (χ0) is 25.2. The smallest absolute Gasteiger partial charge is 0.0273 e. The molecule has 0 radical (unpaired) electrons. The minimum Gasteiger partial charge on any atom is -0.265 e. The van der Waals surface area contributed by atoms with Crippen molar-refractivity contribution in [3.8, 4) is 33.4 Å². The van der Waals surface area contributed by atoms with Gasteiger partial charge in [0.2, 0.25) is 0 Å². The molecule has 0 amide bonds. The summed E-state index contributed by atoms with van der Waals surface area (Å²) in [5.41, 5.74) is 9.65. The third kappa shape index (κ3) is 4.05. The number of hydrogen-bond donors (Lipinski definition) is 0. The van der Waals surface area contributed by atoms with Gasteiger partial charge in [0.25, 0.3) is 0 Å². The number of hydrogen-bond acceptors (Lipinski definition) is 1. The molecule has 0 N–H and O–H groups in total. The maximum Gasteiger partial charge on any atom is 0.0273 e. The van der Waals surface area contributed by atoms with Gasteiger partial charge in [-0.1, -0.05) is 110 Å². The molecule has 0 aliphatic carbocycles. The van der Waals surface area contributed by atoms with E-state index in [9.17, 15) is 0 Å². The van der Waals surface area contributed by atoms with Crippen LogP contribution in [0.2, 0.25) is 0 Å². The van der Waals surface area contributed by atoms with E-state index in [0.717, 1.165) is 5.57 Å². The Hall–Kier alpha value is -4.75. The number of benzene rings is 5. The highest BCUT2D eigenvalue weighted by molar-refractivity contribution is 6.21. The summed E-state index contributed by atoms with van der Waals surface area (Å²) in [5, 5.41) is 5.03. The molecule has 0 saturated carbocycles. The third-order valence-corrected chi connectivity index (χ3v) is 7.13. The molecule has 6 aromatic rings. The first-order valence-electron chi connectivity index (χ1n) is 12.6. The van der Waals surface area contributed by atoms with Crippen LogP contribution in [0, 0.1) is 0 Å². The second-order valence-electron chi connectivity index (χ2n) is 9.18. The van der Waals surface area contributed by atoms with E-state index < -0.39 is 0 Å². The van der Waals surface area contributed by atoms with Crippen LogP contribution < -0.4 is 0 Å². The molecule has 0 atom stereocenters. The second-order valence-corrected chi connectivity index (χ2v) is 9.18. The molecule has 0 bridgehead atoms. The summed E-state index contributed by atoms with van der Waals surface area (Å²) in [6, 6.07) is 39.4. The Labute approximate surface area is 218 Å². The van der Waals surface area contributed by atoms with Crippen LogP contribution in [0.15, 0.2) is 140 Å². The normalized spacial score (nSPS) is 11.6. The molecule has 0 aliphatic rings. The van der Waals surface area contributed by atoms with Gasteiger partial charge in [-0.15, -0.1) is 0 Å². The van der Waals surface area contributed by atoms with E-state index in [0.29, 0.717) is 0 Å². The Bertz CT molecular complexity index is 1720. The fourth-order valence-corrected chi connectivity index (χ4v) is 5.38. The van der Waals surface area contributed by atoms with Gasteiger partial charge in [0, 0.05) is 12.4 Å². The molecule has 0 saturated heterocycles. The van der Waals surface area contributed by atoms with Gasteiger partial charge in [-0.05, 0) is 91.2 Å². The van der Waals surface area contributed by atoms with Crippen molar-refractivity contribution < 1.29 is 0 Å². The highest BCUT2D eigenvalue weighted by Gasteiger charge is 2.16. The van der Waals surface area contributed by atoms with E-state index in [1.54, 1.807) is 0 Å². The van der Waals surface area contributed by atoms with Gasteiger partial charge < -0.3 is 0 Å². The van der Waals surface area contributed by atoms with Crippen molar-refractivity contribution in [3.63, 3.8) is 0 Å². The summed E-state index contributed by atoms with van der Waals surface area (Å²) in [5.74, 6) is 0. The van der Waals surface area contributed by atoms with Gasteiger partial charge in [-0.25, -0.2) is 0 Å². The topological polar surface area (TPSA) is 12.9 Å². The molecular weight excluding hydrogens is 446 g/mol. The molecule has 1 nitrogen and oxygen atoms in total. The van der Waals surface area contributed by atoms with Crippen LogP contribution in [0.3, 0.4) is 0 Å². The maximum atomic E-state index is 4.19. The fourth-order valence-electron chi connectivity index (χ4n) is 5.38. The molecule has 37 heavy (non-hydrogen) atoms. The van der Waals surface area contributed by atoms with Crippen LogP contribution >= 0.6 is 0 Å². The summed E-state index contributed by atoms with van der Waals surface area (Å²) in [7, 11) is 0. The number of pyridine rings is 1. The van der Waals surface area contributed by atoms with Crippen LogP contribution in [0.25, 0.3) is 60.5 Å². The second kappa shape index (κ2) is 9.72. The lowest BCUT2D eigenvalue weighted by Gasteiger charge is -2.18. The van der Waals surface area contributed by atoms with E-state index in [4.69, 9.17) is 0 Å². The van der Waals surface area contributed by atoms with E-state index in [-0.39, 0.29) is 0 Å². The zero-order valence-electron chi connectivity index (χ0n) is 20.9. The molecular formula is C36H27N. The molecule has 1 aromatic heterocycles. The quantitative estimate of drug-likeness (QED) is 0.179. The highest BCUT2D eigenvalue weighted by atomic mass is 14.6. The maximum absolute atomic E-state index is 4.19. The summed E-state index contributed by atoms with van der Waals surface area (Å²) in [6.07, 6.45) is 7.71.